The van der Waals surface area contributed by atoms with Crippen molar-refractivity contribution in [2.45, 2.75) is 4.90 Å². The highest BCUT2D eigenvalue weighted by Crippen LogP contribution is 2.36. The molecule has 110 valence electrons. The highest BCUT2D eigenvalue weighted by atomic mass is 35.5. The van der Waals surface area contributed by atoms with E-state index in [2.05, 4.69) is 4.74 Å². The zero-order chi connectivity index (χ0) is 15.6. The van der Waals surface area contributed by atoms with Gasteiger partial charge in [-0.2, -0.15) is 0 Å². The molecule has 0 aromatic heterocycles. The number of carbonyl (C=O) groups is 1. The number of sulfone groups is 1. The molecule has 21 heavy (non-hydrogen) atoms. The molecule has 0 unspecified atom stereocenters. The Morgan fingerprint density at radius 3 is 2.24 bits per heavy atom. The van der Waals surface area contributed by atoms with E-state index in [1.807, 2.05) is 6.07 Å². The van der Waals surface area contributed by atoms with Gasteiger partial charge in [-0.3, -0.25) is 0 Å². The molecule has 0 bridgehead atoms. The molecule has 0 saturated heterocycles. The van der Waals surface area contributed by atoms with Crippen molar-refractivity contribution in [2.24, 2.45) is 0 Å². The number of benzene rings is 2. The third-order valence-corrected chi connectivity index (χ3v) is 4.50. The van der Waals surface area contributed by atoms with Gasteiger partial charge in [0.15, 0.2) is 9.84 Å². The van der Waals surface area contributed by atoms with E-state index in [9.17, 15) is 13.2 Å². The fraction of sp³-hybridized carbons (Fsp3) is 0.133. The van der Waals surface area contributed by atoms with Crippen molar-refractivity contribution in [1.82, 2.24) is 0 Å². The molecule has 2 aromatic carbocycles. The summed E-state index contributed by atoms with van der Waals surface area (Å²) in [5, 5.41) is 0.0657. The van der Waals surface area contributed by atoms with Crippen LogP contribution in [0.1, 0.15) is 10.4 Å². The Hall–Kier alpha value is -1.85. The van der Waals surface area contributed by atoms with Crippen LogP contribution >= 0.6 is 11.6 Å². The van der Waals surface area contributed by atoms with E-state index in [1.54, 1.807) is 24.3 Å². The summed E-state index contributed by atoms with van der Waals surface area (Å²) in [6.45, 7) is 0. The summed E-state index contributed by atoms with van der Waals surface area (Å²) >= 11 is 6.26. The molecule has 0 saturated carbocycles. The lowest BCUT2D eigenvalue weighted by Gasteiger charge is -2.13. The second kappa shape index (κ2) is 5.87. The van der Waals surface area contributed by atoms with Crippen LogP contribution in [0.2, 0.25) is 5.02 Å². The largest absolute Gasteiger partial charge is 0.465 e. The van der Waals surface area contributed by atoms with Gasteiger partial charge in [0, 0.05) is 11.8 Å². The van der Waals surface area contributed by atoms with Gasteiger partial charge in [-0.05, 0) is 17.7 Å². The summed E-state index contributed by atoms with van der Waals surface area (Å²) in [6.07, 6.45) is 1.10. The first-order valence-corrected chi connectivity index (χ1v) is 8.29. The van der Waals surface area contributed by atoms with Crippen LogP contribution in [0.4, 0.5) is 0 Å². The van der Waals surface area contributed by atoms with Crippen LogP contribution in [-0.2, 0) is 14.6 Å². The predicted molar refractivity (Wildman–Crippen MR) is 81.3 cm³/mol. The maximum atomic E-state index is 12.0. The molecule has 0 aliphatic rings. The minimum absolute atomic E-state index is 0.0657. The third-order valence-electron chi connectivity index (χ3n) is 2.97. The first-order chi connectivity index (χ1) is 9.86. The SMILES string of the molecule is COC(=O)c1ccc(S(C)(=O)=O)c(-c2ccccc2)c1Cl. The van der Waals surface area contributed by atoms with Crippen molar-refractivity contribution < 1.29 is 17.9 Å². The number of carbonyl (C=O) groups excluding carboxylic acids is 1. The summed E-state index contributed by atoms with van der Waals surface area (Å²) in [7, 11) is -2.25. The minimum Gasteiger partial charge on any atom is -0.465 e. The average Bonchev–Trinajstić information content (AvgIpc) is 2.46. The van der Waals surface area contributed by atoms with E-state index in [1.165, 1.54) is 19.2 Å². The molecular weight excluding hydrogens is 312 g/mol. The fourth-order valence-electron chi connectivity index (χ4n) is 2.01. The number of methoxy groups -OCH3 is 1. The molecule has 2 rings (SSSR count). The van der Waals surface area contributed by atoms with Crippen molar-refractivity contribution in [3.63, 3.8) is 0 Å². The summed E-state index contributed by atoms with van der Waals surface area (Å²) < 4.78 is 28.6. The Labute approximate surface area is 128 Å². The van der Waals surface area contributed by atoms with Gasteiger partial charge in [0.1, 0.15) is 0 Å². The Morgan fingerprint density at radius 1 is 1.10 bits per heavy atom. The third kappa shape index (κ3) is 3.09. The van der Waals surface area contributed by atoms with Crippen LogP contribution in [0.25, 0.3) is 11.1 Å². The fourth-order valence-corrected chi connectivity index (χ4v) is 3.32. The average molecular weight is 325 g/mol. The van der Waals surface area contributed by atoms with Crippen molar-refractivity contribution in [2.75, 3.05) is 13.4 Å². The number of hydrogen-bond donors (Lipinski definition) is 0. The Balaban J connectivity index is 2.83. The number of ether oxygens (including phenoxy) is 1. The lowest BCUT2D eigenvalue weighted by molar-refractivity contribution is 0.0601. The molecule has 2 aromatic rings. The van der Waals surface area contributed by atoms with Gasteiger partial charge in [-0.15, -0.1) is 0 Å². The lowest BCUT2D eigenvalue weighted by Crippen LogP contribution is -2.07. The molecule has 6 heteroatoms. The zero-order valence-corrected chi connectivity index (χ0v) is 13.0. The molecule has 0 radical (unpaired) electrons. The van der Waals surface area contributed by atoms with Gasteiger partial charge in [-0.1, -0.05) is 41.9 Å². The molecule has 4 nitrogen and oxygen atoms in total. The summed E-state index contributed by atoms with van der Waals surface area (Å²) in [6, 6.07) is 11.5. The van der Waals surface area contributed by atoms with Gasteiger partial charge in [0.25, 0.3) is 0 Å². The summed E-state index contributed by atoms with van der Waals surface area (Å²) in [5.74, 6) is -0.614. The number of hydrogen-bond acceptors (Lipinski definition) is 4. The summed E-state index contributed by atoms with van der Waals surface area (Å²) in [5.41, 5.74) is 1.06. The molecule has 0 N–H and O–H groups in total. The zero-order valence-electron chi connectivity index (χ0n) is 11.5. The van der Waals surface area contributed by atoms with Gasteiger partial charge < -0.3 is 4.74 Å². The van der Waals surface area contributed by atoms with Crippen molar-refractivity contribution in [3.05, 3.63) is 53.1 Å². The Bertz CT molecular complexity index is 783. The normalized spacial score (nSPS) is 11.2. The van der Waals surface area contributed by atoms with Crippen LogP contribution in [0.5, 0.6) is 0 Å². The van der Waals surface area contributed by atoms with E-state index < -0.39 is 15.8 Å². The van der Waals surface area contributed by atoms with Crippen molar-refractivity contribution in [1.29, 1.82) is 0 Å². The summed E-state index contributed by atoms with van der Waals surface area (Å²) in [4.78, 5) is 11.8. The molecule has 0 aliphatic heterocycles. The van der Waals surface area contributed by atoms with Crippen LogP contribution in [0, 0.1) is 0 Å². The lowest BCUT2D eigenvalue weighted by atomic mass is 10.0. The van der Waals surface area contributed by atoms with Gasteiger partial charge >= 0.3 is 5.97 Å². The highest BCUT2D eigenvalue weighted by molar-refractivity contribution is 7.90. The second-order valence-electron chi connectivity index (χ2n) is 4.43. The quantitative estimate of drug-likeness (QED) is 0.813. The molecule has 0 atom stereocenters. The molecule has 0 fully saturated rings. The predicted octanol–water partition coefficient (Wildman–Crippen LogP) is 3.20. The number of halogens is 1. The van der Waals surface area contributed by atoms with Gasteiger partial charge in [0.2, 0.25) is 0 Å². The number of esters is 1. The first kappa shape index (κ1) is 15.5. The van der Waals surface area contributed by atoms with Crippen LogP contribution in [0.15, 0.2) is 47.4 Å². The monoisotopic (exact) mass is 324 g/mol. The van der Waals surface area contributed by atoms with Crippen LogP contribution in [0.3, 0.4) is 0 Å². The van der Waals surface area contributed by atoms with E-state index in [0.717, 1.165) is 6.26 Å². The molecule has 0 amide bonds. The van der Waals surface area contributed by atoms with E-state index >= 15 is 0 Å². The maximum absolute atomic E-state index is 12.0. The van der Waals surface area contributed by atoms with Crippen LogP contribution < -0.4 is 0 Å². The van der Waals surface area contributed by atoms with Gasteiger partial charge in [0.05, 0.1) is 22.6 Å². The van der Waals surface area contributed by atoms with Crippen LogP contribution in [-0.4, -0.2) is 27.8 Å². The topological polar surface area (TPSA) is 60.4 Å². The standard InChI is InChI=1S/C15H13ClO4S/c1-20-15(17)11-8-9-12(21(2,18)19)13(14(11)16)10-6-4-3-5-7-10/h3-9H,1-2H3. The minimum atomic E-state index is -3.49. The first-order valence-electron chi connectivity index (χ1n) is 6.02. The van der Waals surface area contributed by atoms with Crippen molar-refractivity contribution >= 4 is 27.4 Å². The molecule has 0 aliphatic carbocycles. The Kier molecular flexibility index (Phi) is 4.34. The smallest absolute Gasteiger partial charge is 0.339 e. The highest BCUT2D eigenvalue weighted by Gasteiger charge is 2.22. The molecular formula is C15H13ClO4S. The molecule has 0 spiro atoms. The van der Waals surface area contributed by atoms with E-state index in [-0.39, 0.29) is 15.5 Å². The van der Waals surface area contributed by atoms with Gasteiger partial charge in [-0.25, -0.2) is 13.2 Å². The second-order valence-corrected chi connectivity index (χ2v) is 6.79. The number of rotatable bonds is 3. The molecule has 0 heterocycles. The van der Waals surface area contributed by atoms with Crippen molar-refractivity contribution in [3.8, 4) is 11.1 Å². The van der Waals surface area contributed by atoms with E-state index in [0.29, 0.717) is 11.1 Å². The Morgan fingerprint density at radius 2 is 1.71 bits per heavy atom. The maximum Gasteiger partial charge on any atom is 0.339 e. The van der Waals surface area contributed by atoms with E-state index in [4.69, 9.17) is 11.6 Å².